The van der Waals surface area contributed by atoms with E-state index in [0.717, 1.165) is 17.0 Å². The van der Waals surface area contributed by atoms with Gasteiger partial charge in [0.25, 0.3) is 5.91 Å². The fourth-order valence-electron chi connectivity index (χ4n) is 1.71. The Bertz CT molecular complexity index is 559. The number of anilines is 1. The summed E-state index contributed by atoms with van der Waals surface area (Å²) in [5, 5.41) is 2.80. The lowest BCUT2D eigenvalue weighted by molar-refractivity contribution is 0.0996. The quantitative estimate of drug-likeness (QED) is 0.912. The lowest BCUT2D eigenvalue weighted by Crippen LogP contribution is -2.12. The zero-order valence-corrected chi connectivity index (χ0v) is 11.3. The largest absolute Gasteiger partial charge is 0.491 e. The molecule has 0 aliphatic heterocycles. The predicted molar refractivity (Wildman–Crippen MR) is 73.6 cm³/mol. The van der Waals surface area contributed by atoms with E-state index >= 15 is 0 Å². The summed E-state index contributed by atoms with van der Waals surface area (Å²) in [6.45, 7) is 5.87. The van der Waals surface area contributed by atoms with E-state index in [1.807, 2.05) is 39.0 Å². The molecular formula is C15H17NO3. The second-order valence-electron chi connectivity index (χ2n) is 4.57. The molecule has 0 bridgehead atoms. The van der Waals surface area contributed by atoms with Crippen molar-refractivity contribution in [2.24, 2.45) is 0 Å². The third kappa shape index (κ3) is 3.37. The first-order chi connectivity index (χ1) is 9.06. The van der Waals surface area contributed by atoms with Gasteiger partial charge in [-0.25, -0.2) is 0 Å². The van der Waals surface area contributed by atoms with Gasteiger partial charge in [-0.2, -0.15) is 0 Å². The predicted octanol–water partition coefficient (Wildman–Crippen LogP) is 3.63. The molecule has 0 fully saturated rings. The van der Waals surface area contributed by atoms with Crippen molar-refractivity contribution >= 4 is 11.6 Å². The highest BCUT2D eigenvalue weighted by atomic mass is 16.5. The first-order valence-corrected chi connectivity index (χ1v) is 6.18. The van der Waals surface area contributed by atoms with E-state index in [2.05, 4.69) is 5.32 Å². The smallest absolute Gasteiger partial charge is 0.291 e. The topological polar surface area (TPSA) is 51.5 Å². The second-order valence-corrected chi connectivity index (χ2v) is 4.57. The van der Waals surface area contributed by atoms with Crippen LogP contribution in [0.2, 0.25) is 0 Å². The number of aryl methyl sites for hydroxylation is 1. The number of amides is 1. The Hall–Kier alpha value is -2.23. The van der Waals surface area contributed by atoms with Crippen LogP contribution in [0.1, 0.15) is 30.0 Å². The fourth-order valence-corrected chi connectivity index (χ4v) is 1.71. The van der Waals surface area contributed by atoms with E-state index in [1.165, 1.54) is 6.26 Å². The van der Waals surface area contributed by atoms with E-state index in [9.17, 15) is 4.79 Å². The van der Waals surface area contributed by atoms with Crippen LogP contribution < -0.4 is 10.1 Å². The van der Waals surface area contributed by atoms with Gasteiger partial charge in [0.15, 0.2) is 5.76 Å². The van der Waals surface area contributed by atoms with Gasteiger partial charge in [0.05, 0.1) is 12.4 Å². The molecule has 1 amide bonds. The molecule has 0 saturated carbocycles. The van der Waals surface area contributed by atoms with Gasteiger partial charge in [0, 0.05) is 5.69 Å². The summed E-state index contributed by atoms with van der Waals surface area (Å²) >= 11 is 0. The van der Waals surface area contributed by atoms with Gasteiger partial charge in [-0.15, -0.1) is 0 Å². The van der Waals surface area contributed by atoms with Crippen LogP contribution in [0.25, 0.3) is 0 Å². The molecule has 1 N–H and O–H groups in total. The molecule has 2 rings (SSSR count). The van der Waals surface area contributed by atoms with Gasteiger partial charge < -0.3 is 14.5 Å². The first kappa shape index (κ1) is 13.2. The van der Waals surface area contributed by atoms with Gasteiger partial charge in [-0.3, -0.25) is 4.79 Å². The Morgan fingerprint density at radius 3 is 2.68 bits per heavy atom. The maximum absolute atomic E-state index is 11.9. The molecule has 1 heterocycles. The lowest BCUT2D eigenvalue weighted by Gasteiger charge is -2.12. The SMILES string of the molecule is Cc1cc(OC(C)C)ccc1NC(=O)c1ccco1. The van der Waals surface area contributed by atoms with Gasteiger partial charge in [0.1, 0.15) is 5.75 Å². The van der Waals surface area contributed by atoms with E-state index in [-0.39, 0.29) is 12.0 Å². The normalized spacial score (nSPS) is 10.5. The van der Waals surface area contributed by atoms with Crippen LogP contribution >= 0.6 is 0 Å². The molecule has 0 saturated heterocycles. The van der Waals surface area contributed by atoms with Crippen LogP contribution in [-0.2, 0) is 0 Å². The van der Waals surface area contributed by atoms with E-state index in [0.29, 0.717) is 5.76 Å². The summed E-state index contributed by atoms with van der Waals surface area (Å²) in [7, 11) is 0. The van der Waals surface area contributed by atoms with Crippen molar-refractivity contribution in [1.82, 2.24) is 0 Å². The lowest BCUT2D eigenvalue weighted by atomic mass is 10.2. The third-order valence-electron chi connectivity index (χ3n) is 2.56. The molecule has 0 aliphatic rings. The molecule has 19 heavy (non-hydrogen) atoms. The molecule has 0 aliphatic carbocycles. The average molecular weight is 259 g/mol. The molecule has 2 aromatic rings. The van der Waals surface area contributed by atoms with Crippen molar-refractivity contribution in [1.29, 1.82) is 0 Å². The number of furan rings is 1. The summed E-state index contributed by atoms with van der Waals surface area (Å²) in [6.07, 6.45) is 1.60. The Labute approximate surface area is 112 Å². The van der Waals surface area contributed by atoms with Crippen molar-refractivity contribution in [3.8, 4) is 5.75 Å². The highest BCUT2D eigenvalue weighted by Gasteiger charge is 2.10. The minimum atomic E-state index is -0.259. The summed E-state index contributed by atoms with van der Waals surface area (Å²) < 4.78 is 10.6. The maximum atomic E-state index is 11.9. The molecule has 4 nitrogen and oxygen atoms in total. The van der Waals surface area contributed by atoms with Gasteiger partial charge in [-0.05, 0) is 56.7 Å². The van der Waals surface area contributed by atoms with Gasteiger partial charge in [-0.1, -0.05) is 0 Å². The van der Waals surface area contributed by atoms with Crippen molar-refractivity contribution in [3.05, 3.63) is 47.9 Å². The molecule has 4 heteroatoms. The zero-order chi connectivity index (χ0) is 13.8. The monoisotopic (exact) mass is 259 g/mol. The zero-order valence-electron chi connectivity index (χ0n) is 11.3. The van der Waals surface area contributed by atoms with Crippen molar-refractivity contribution in [2.75, 3.05) is 5.32 Å². The highest BCUT2D eigenvalue weighted by Crippen LogP contribution is 2.22. The standard InChI is InChI=1S/C15H17NO3/c1-10(2)19-12-6-7-13(11(3)9-12)16-15(17)14-5-4-8-18-14/h4-10H,1-3H3,(H,16,17). The number of ether oxygens (including phenoxy) is 1. The number of hydrogen-bond acceptors (Lipinski definition) is 3. The van der Waals surface area contributed by atoms with E-state index < -0.39 is 0 Å². The molecule has 1 aromatic heterocycles. The van der Waals surface area contributed by atoms with Crippen molar-refractivity contribution in [2.45, 2.75) is 26.9 Å². The minimum absolute atomic E-state index is 0.128. The van der Waals surface area contributed by atoms with Crippen LogP contribution in [0.4, 0.5) is 5.69 Å². The minimum Gasteiger partial charge on any atom is -0.491 e. The third-order valence-corrected chi connectivity index (χ3v) is 2.56. The molecule has 100 valence electrons. The number of benzene rings is 1. The van der Waals surface area contributed by atoms with Crippen molar-refractivity contribution < 1.29 is 13.9 Å². The van der Waals surface area contributed by atoms with Gasteiger partial charge >= 0.3 is 0 Å². The maximum Gasteiger partial charge on any atom is 0.291 e. The summed E-state index contributed by atoms with van der Waals surface area (Å²) in [5.41, 5.74) is 1.69. The van der Waals surface area contributed by atoms with Crippen LogP contribution in [0.5, 0.6) is 5.75 Å². The molecule has 1 aromatic carbocycles. The number of rotatable bonds is 4. The Balaban J connectivity index is 2.11. The van der Waals surface area contributed by atoms with Crippen LogP contribution in [-0.4, -0.2) is 12.0 Å². The van der Waals surface area contributed by atoms with Gasteiger partial charge in [0.2, 0.25) is 0 Å². The number of carbonyl (C=O) groups excluding carboxylic acids is 1. The highest BCUT2D eigenvalue weighted by molar-refractivity contribution is 6.02. The number of carbonyl (C=O) groups is 1. The van der Waals surface area contributed by atoms with Crippen LogP contribution in [0, 0.1) is 6.92 Å². The average Bonchev–Trinajstić information content (AvgIpc) is 2.85. The van der Waals surface area contributed by atoms with Crippen LogP contribution in [0.15, 0.2) is 41.0 Å². The number of hydrogen-bond donors (Lipinski definition) is 1. The molecule has 0 atom stereocenters. The first-order valence-electron chi connectivity index (χ1n) is 6.18. The summed E-state index contributed by atoms with van der Waals surface area (Å²) in [6, 6.07) is 8.87. The van der Waals surface area contributed by atoms with E-state index in [1.54, 1.807) is 12.1 Å². The Morgan fingerprint density at radius 1 is 1.32 bits per heavy atom. The fraction of sp³-hybridized carbons (Fsp3) is 0.267. The summed E-state index contributed by atoms with van der Waals surface area (Å²) in [4.78, 5) is 11.9. The van der Waals surface area contributed by atoms with Crippen LogP contribution in [0.3, 0.4) is 0 Å². The number of nitrogens with one attached hydrogen (secondary N) is 1. The molecular weight excluding hydrogens is 242 g/mol. The molecule has 0 spiro atoms. The Morgan fingerprint density at radius 2 is 2.11 bits per heavy atom. The van der Waals surface area contributed by atoms with Crippen molar-refractivity contribution in [3.63, 3.8) is 0 Å². The second kappa shape index (κ2) is 5.61. The van der Waals surface area contributed by atoms with E-state index in [4.69, 9.17) is 9.15 Å². The Kier molecular flexibility index (Phi) is 3.90. The summed E-state index contributed by atoms with van der Waals surface area (Å²) in [5.74, 6) is 0.830. The molecule has 0 unspecified atom stereocenters. The molecule has 0 radical (unpaired) electrons.